The van der Waals surface area contributed by atoms with Gasteiger partial charge < -0.3 is 11.1 Å². The second-order valence-electron chi connectivity index (χ2n) is 4.28. The number of nitrogens with one attached hydrogen (secondary N) is 1. The number of amides is 1. The molecule has 0 fully saturated rings. The van der Waals surface area contributed by atoms with E-state index in [1.54, 1.807) is 0 Å². The van der Waals surface area contributed by atoms with Gasteiger partial charge >= 0.3 is 0 Å². The molecule has 0 heterocycles. The molecule has 18 heavy (non-hydrogen) atoms. The van der Waals surface area contributed by atoms with Gasteiger partial charge in [-0.3, -0.25) is 4.79 Å². The van der Waals surface area contributed by atoms with Crippen LogP contribution in [0.1, 0.15) is 31.7 Å². The molecule has 0 aliphatic rings. The summed E-state index contributed by atoms with van der Waals surface area (Å²) in [5.74, 6) is -0.0143. The van der Waals surface area contributed by atoms with E-state index in [9.17, 15) is 4.79 Å². The minimum Gasteiger partial charge on any atom is -0.399 e. The van der Waals surface area contributed by atoms with E-state index in [-0.39, 0.29) is 11.9 Å². The fourth-order valence-electron chi connectivity index (χ4n) is 1.71. The second kappa shape index (κ2) is 7.33. The van der Waals surface area contributed by atoms with Crippen LogP contribution in [-0.4, -0.2) is 11.9 Å². The SMILES string of the molecule is CCC(CC#N)NC(=O)CCc1cccc(N)c1. The van der Waals surface area contributed by atoms with Crippen molar-refractivity contribution in [1.29, 1.82) is 5.26 Å². The van der Waals surface area contributed by atoms with Crippen LogP contribution >= 0.6 is 0 Å². The molecule has 0 aromatic heterocycles. The average molecular weight is 245 g/mol. The van der Waals surface area contributed by atoms with E-state index in [1.807, 2.05) is 31.2 Å². The Morgan fingerprint density at radius 1 is 1.56 bits per heavy atom. The third-order valence-electron chi connectivity index (χ3n) is 2.79. The second-order valence-corrected chi connectivity index (χ2v) is 4.28. The third-order valence-corrected chi connectivity index (χ3v) is 2.79. The van der Waals surface area contributed by atoms with Crippen molar-refractivity contribution in [3.63, 3.8) is 0 Å². The van der Waals surface area contributed by atoms with Crippen molar-refractivity contribution in [1.82, 2.24) is 5.32 Å². The number of hydrogen-bond donors (Lipinski definition) is 2. The highest BCUT2D eigenvalue weighted by atomic mass is 16.1. The van der Waals surface area contributed by atoms with Gasteiger partial charge in [0.15, 0.2) is 0 Å². The van der Waals surface area contributed by atoms with Crippen LogP contribution in [0.5, 0.6) is 0 Å². The molecule has 4 heteroatoms. The van der Waals surface area contributed by atoms with Crippen LogP contribution in [0.4, 0.5) is 5.69 Å². The van der Waals surface area contributed by atoms with E-state index >= 15 is 0 Å². The monoisotopic (exact) mass is 245 g/mol. The molecule has 0 aliphatic carbocycles. The molecule has 1 aromatic carbocycles. The number of nitrogen functional groups attached to an aromatic ring is 1. The van der Waals surface area contributed by atoms with Gasteiger partial charge in [-0.1, -0.05) is 19.1 Å². The van der Waals surface area contributed by atoms with E-state index < -0.39 is 0 Å². The Morgan fingerprint density at radius 2 is 2.33 bits per heavy atom. The number of hydrogen-bond acceptors (Lipinski definition) is 3. The van der Waals surface area contributed by atoms with Crippen LogP contribution < -0.4 is 11.1 Å². The van der Waals surface area contributed by atoms with Gasteiger partial charge in [-0.15, -0.1) is 0 Å². The first kappa shape index (κ1) is 14.0. The normalized spacial score (nSPS) is 11.6. The highest BCUT2D eigenvalue weighted by Gasteiger charge is 2.09. The molecule has 0 bridgehead atoms. The first-order valence-corrected chi connectivity index (χ1v) is 6.16. The van der Waals surface area contributed by atoms with Crippen LogP contribution in [0.25, 0.3) is 0 Å². The predicted octanol–water partition coefficient (Wildman–Crippen LogP) is 2.01. The molecule has 96 valence electrons. The Kier molecular flexibility index (Phi) is 5.72. The number of carbonyl (C=O) groups is 1. The van der Waals surface area contributed by atoms with Gasteiger partial charge in [0.1, 0.15) is 0 Å². The average Bonchev–Trinajstić information content (AvgIpc) is 2.36. The quantitative estimate of drug-likeness (QED) is 0.752. The lowest BCUT2D eigenvalue weighted by molar-refractivity contribution is -0.121. The predicted molar refractivity (Wildman–Crippen MR) is 71.6 cm³/mol. The van der Waals surface area contributed by atoms with Crippen LogP contribution in [-0.2, 0) is 11.2 Å². The van der Waals surface area contributed by atoms with Gasteiger partial charge in [-0.05, 0) is 30.5 Å². The molecule has 1 atom stereocenters. The van der Waals surface area contributed by atoms with Gasteiger partial charge in [0.25, 0.3) is 0 Å². The van der Waals surface area contributed by atoms with Crippen molar-refractivity contribution in [3.05, 3.63) is 29.8 Å². The molecular formula is C14H19N3O. The zero-order chi connectivity index (χ0) is 13.4. The maximum Gasteiger partial charge on any atom is 0.220 e. The highest BCUT2D eigenvalue weighted by Crippen LogP contribution is 2.09. The minimum absolute atomic E-state index is 0.0143. The summed E-state index contributed by atoms with van der Waals surface area (Å²) in [6.45, 7) is 1.96. The smallest absolute Gasteiger partial charge is 0.220 e. The molecule has 0 spiro atoms. The molecular weight excluding hydrogens is 226 g/mol. The first-order chi connectivity index (χ1) is 8.65. The van der Waals surface area contributed by atoms with Crippen LogP contribution in [0.2, 0.25) is 0 Å². The number of carbonyl (C=O) groups excluding carboxylic acids is 1. The molecule has 1 amide bonds. The van der Waals surface area contributed by atoms with E-state index in [0.29, 0.717) is 24.9 Å². The third kappa shape index (κ3) is 4.88. The van der Waals surface area contributed by atoms with Gasteiger partial charge in [-0.2, -0.15) is 5.26 Å². The molecule has 1 aromatic rings. The van der Waals surface area contributed by atoms with Crippen molar-refractivity contribution in [2.24, 2.45) is 0 Å². The topological polar surface area (TPSA) is 78.9 Å². The number of benzene rings is 1. The number of nitrogens with two attached hydrogens (primary N) is 1. The molecule has 4 nitrogen and oxygen atoms in total. The summed E-state index contributed by atoms with van der Waals surface area (Å²) in [6.07, 6.45) is 2.23. The number of rotatable bonds is 6. The van der Waals surface area contributed by atoms with Crippen LogP contribution in [0, 0.1) is 11.3 Å². The highest BCUT2D eigenvalue weighted by molar-refractivity contribution is 5.76. The zero-order valence-corrected chi connectivity index (χ0v) is 10.6. The molecule has 1 rings (SSSR count). The van der Waals surface area contributed by atoms with Crippen molar-refractivity contribution in [3.8, 4) is 6.07 Å². The molecule has 3 N–H and O–H groups in total. The van der Waals surface area contributed by atoms with E-state index in [2.05, 4.69) is 11.4 Å². The number of nitriles is 1. The van der Waals surface area contributed by atoms with Crippen LogP contribution in [0.15, 0.2) is 24.3 Å². The summed E-state index contributed by atoms with van der Waals surface area (Å²) in [5.41, 5.74) is 7.44. The summed E-state index contributed by atoms with van der Waals surface area (Å²) in [5, 5.41) is 11.5. The lowest BCUT2D eigenvalue weighted by Crippen LogP contribution is -2.34. The first-order valence-electron chi connectivity index (χ1n) is 6.16. The van der Waals surface area contributed by atoms with Crippen molar-refractivity contribution in [2.45, 2.75) is 38.6 Å². The summed E-state index contributed by atoms with van der Waals surface area (Å²) >= 11 is 0. The van der Waals surface area contributed by atoms with Crippen molar-refractivity contribution >= 4 is 11.6 Å². The summed E-state index contributed by atoms with van der Waals surface area (Å²) < 4.78 is 0. The number of aryl methyl sites for hydroxylation is 1. The number of nitrogens with zero attached hydrogens (tertiary/aromatic N) is 1. The lowest BCUT2D eigenvalue weighted by atomic mass is 10.1. The van der Waals surface area contributed by atoms with E-state index in [4.69, 9.17) is 11.0 Å². The van der Waals surface area contributed by atoms with Crippen LogP contribution in [0.3, 0.4) is 0 Å². The summed E-state index contributed by atoms with van der Waals surface area (Å²) in [7, 11) is 0. The number of anilines is 1. The Hall–Kier alpha value is -2.02. The molecule has 0 radical (unpaired) electrons. The van der Waals surface area contributed by atoms with E-state index in [0.717, 1.165) is 12.0 Å². The largest absolute Gasteiger partial charge is 0.399 e. The van der Waals surface area contributed by atoms with Gasteiger partial charge in [0, 0.05) is 18.2 Å². The summed E-state index contributed by atoms with van der Waals surface area (Å²) in [6, 6.07) is 9.57. The van der Waals surface area contributed by atoms with Crippen molar-refractivity contribution in [2.75, 3.05) is 5.73 Å². The Bertz CT molecular complexity index is 437. The summed E-state index contributed by atoms with van der Waals surface area (Å²) in [4.78, 5) is 11.7. The van der Waals surface area contributed by atoms with Crippen molar-refractivity contribution < 1.29 is 4.79 Å². The Morgan fingerprint density at radius 3 is 2.94 bits per heavy atom. The Balaban J connectivity index is 2.39. The van der Waals surface area contributed by atoms with Gasteiger partial charge in [0.2, 0.25) is 5.91 Å². The molecule has 0 saturated carbocycles. The van der Waals surface area contributed by atoms with Gasteiger partial charge in [-0.25, -0.2) is 0 Å². The fourth-order valence-corrected chi connectivity index (χ4v) is 1.71. The van der Waals surface area contributed by atoms with E-state index in [1.165, 1.54) is 0 Å². The molecule has 1 unspecified atom stereocenters. The fraction of sp³-hybridized carbons (Fsp3) is 0.429. The standard InChI is InChI=1S/C14H19N3O/c1-2-13(8-9-15)17-14(18)7-6-11-4-3-5-12(16)10-11/h3-5,10,13H,2,6-8,16H2,1H3,(H,17,18). The maximum atomic E-state index is 11.7. The zero-order valence-electron chi connectivity index (χ0n) is 10.6. The van der Waals surface area contributed by atoms with Gasteiger partial charge in [0.05, 0.1) is 12.5 Å². The maximum absolute atomic E-state index is 11.7. The Labute approximate surface area is 108 Å². The lowest BCUT2D eigenvalue weighted by Gasteiger charge is -2.13. The molecule has 0 aliphatic heterocycles. The minimum atomic E-state index is -0.0386. The molecule has 0 saturated heterocycles.